The molecule has 0 saturated carbocycles. The van der Waals surface area contributed by atoms with E-state index in [1.54, 1.807) is 0 Å². The van der Waals surface area contributed by atoms with E-state index in [2.05, 4.69) is 53.7 Å². The number of hydrogen-bond donors (Lipinski definition) is 1. The quantitative estimate of drug-likeness (QED) is 0.887. The number of hydrogen-bond acceptors (Lipinski definition) is 3. The second kappa shape index (κ2) is 5.56. The van der Waals surface area contributed by atoms with Crippen LogP contribution in [0, 0.1) is 6.92 Å². The van der Waals surface area contributed by atoms with E-state index in [0.717, 1.165) is 42.6 Å². The Labute approximate surface area is 136 Å². The molecule has 2 N–H and O–H groups in total. The fourth-order valence-electron chi connectivity index (χ4n) is 3.53. The van der Waals surface area contributed by atoms with Gasteiger partial charge >= 0.3 is 0 Å². The molecular formula is C17H25BrN2O. The molecule has 2 aliphatic heterocycles. The summed E-state index contributed by atoms with van der Waals surface area (Å²) in [5.74, 6) is 1.03. The van der Waals surface area contributed by atoms with Crippen LogP contribution in [0.4, 0.5) is 0 Å². The number of nitrogens with two attached hydrogens (primary N) is 1. The zero-order chi connectivity index (χ0) is 15.2. The fraction of sp³-hybridized carbons (Fsp3) is 0.647. The average molecular weight is 353 g/mol. The van der Waals surface area contributed by atoms with Crippen LogP contribution in [0.25, 0.3) is 0 Å². The van der Waals surface area contributed by atoms with Gasteiger partial charge in [-0.05, 0) is 66.7 Å². The Morgan fingerprint density at radius 2 is 2.19 bits per heavy atom. The van der Waals surface area contributed by atoms with Crippen molar-refractivity contribution in [2.45, 2.75) is 57.7 Å². The van der Waals surface area contributed by atoms with Crippen LogP contribution in [-0.4, -0.2) is 35.7 Å². The van der Waals surface area contributed by atoms with Gasteiger partial charge in [-0.2, -0.15) is 0 Å². The molecule has 4 heteroatoms. The molecule has 2 heterocycles. The molecule has 21 heavy (non-hydrogen) atoms. The first-order chi connectivity index (χ1) is 9.85. The Bertz CT molecular complexity index is 544. The van der Waals surface area contributed by atoms with E-state index in [-0.39, 0.29) is 11.6 Å². The predicted molar refractivity (Wildman–Crippen MR) is 89.9 cm³/mol. The van der Waals surface area contributed by atoms with Crippen molar-refractivity contribution in [3.8, 4) is 5.75 Å². The molecule has 0 aliphatic carbocycles. The molecule has 1 aromatic carbocycles. The lowest BCUT2D eigenvalue weighted by Gasteiger charge is -2.45. The van der Waals surface area contributed by atoms with Crippen molar-refractivity contribution in [1.82, 2.24) is 4.90 Å². The van der Waals surface area contributed by atoms with Crippen LogP contribution in [0.2, 0.25) is 0 Å². The lowest BCUT2D eigenvalue weighted by molar-refractivity contribution is 0.0325. The summed E-state index contributed by atoms with van der Waals surface area (Å²) in [5.41, 5.74) is 8.99. The summed E-state index contributed by atoms with van der Waals surface area (Å²) < 4.78 is 7.27. The second-order valence-electron chi connectivity index (χ2n) is 7.20. The number of likely N-dealkylation sites (tertiary alicyclic amines) is 1. The maximum absolute atomic E-state index is 6.19. The summed E-state index contributed by atoms with van der Waals surface area (Å²) in [5, 5.41) is 0. The van der Waals surface area contributed by atoms with Crippen molar-refractivity contribution in [1.29, 1.82) is 0 Å². The highest BCUT2D eigenvalue weighted by Gasteiger charge is 2.36. The van der Waals surface area contributed by atoms with Gasteiger partial charge in [0, 0.05) is 31.1 Å². The Balaban J connectivity index is 1.72. The van der Waals surface area contributed by atoms with Gasteiger partial charge in [-0.25, -0.2) is 0 Å². The smallest absolute Gasteiger partial charge is 0.137 e. The van der Waals surface area contributed by atoms with Crippen molar-refractivity contribution < 1.29 is 4.74 Å². The monoisotopic (exact) mass is 352 g/mol. The van der Waals surface area contributed by atoms with E-state index in [0.29, 0.717) is 6.04 Å². The second-order valence-corrected chi connectivity index (χ2v) is 8.05. The number of halogens is 1. The minimum Gasteiger partial charge on any atom is -0.487 e. The molecule has 2 aliphatic rings. The molecule has 0 radical (unpaired) electrons. The van der Waals surface area contributed by atoms with Crippen molar-refractivity contribution in [3.05, 3.63) is 27.7 Å². The van der Waals surface area contributed by atoms with Crippen LogP contribution in [-0.2, 0) is 6.42 Å². The third-order valence-electron chi connectivity index (χ3n) is 4.86. The van der Waals surface area contributed by atoms with Gasteiger partial charge in [-0.1, -0.05) is 6.07 Å². The predicted octanol–water partition coefficient (Wildman–Crippen LogP) is 3.26. The van der Waals surface area contributed by atoms with Crippen LogP contribution >= 0.6 is 15.9 Å². The third kappa shape index (κ3) is 3.13. The van der Waals surface area contributed by atoms with Crippen molar-refractivity contribution >= 4 is 15.9 Å². The summed E-state index contributed by atoms with van der Waals surface area (Å²) in [4.78, 5) is 2.51. The first-order valence-corrected chi connectivity index (χ1v) is 8.61. The van der Waals surface area contributed by atoms with E-state index in [9.17, 15) is 0 Å². The number of aryl methyl sites for hydroxylation is 1. The maximum Gasteiger partial charge on any atom is 0.137 e. The van der Waals surface area contributed by atoms with Crippen LogP contribution in [0.3, 0.4) is 0 Å². The minimum atomic E-state index is 0.223. The highest BCUT2D eigenvalue weighted by Crippen LogP contribution is 2.38. The van der Waals surface area contributed by atoms with Gasteiger partial charge in [0.2, 0.25) is 0 Å². The minimum absolute atomic E-state index is 0.223. The third-order valence-corrected chi connectivity index (χ3v) is 5.45. The van der Waals surface area contributed by atoms with E-state index < -0.39 is 0 Å². The van der Waals surface area contributed by atoms with Crippen LogP contribution < -0.4 is 10.5 Å². The van der Waals surface area contributed by atoms with Crippen molar-refractivity contribution in [2.75, 3.05) is 13.1 Å². The lowest BCUT2D eigenvalue weighted by atomic mass is 9.88. The first kappa shape index (κ1) is 15.3. The topological polar surface area (TPSA) is 38.5 Å². The van der Waals surface area contributed by atoms with Crippen molar-refractivity contribution in [3.63, 3.8) is 0 Å². The lowest BCUT2D eigenvalue weighted by Crippen LogP contribution is -2.56. The molecule has 3 nitrogen and oxygen atoms in total. The van der Waals surface area contributed by atoms with Crippen LogP contribution in [0.15, 0.2) is 16.6 Å². The van der Waals surface area contributed by atoms with Crippen molar-refractivity contribution in [2.24, 2.45) is 5.73 Å². The number of fused-ring (bicyclic) bond motifs is 1. The SMILES string of the molecule is Cc1cc(Br)c2c(c1)CC(CN1CC(N)CCC1(C)C)O2. The summed E-state index contributed by atoms with van der Waals surface area (Å²) >= 11 is 3.62. The molecular weight excluding hydrogens is 328 g/mol. The largest absolute Gasteiger partial charge is 0.487 e. The molecule has 0 aromatic heterocycles. The number of nitrogens with zero attached hydrogens (tertiary/aromatic N) is 1. The molecule has 3 rings (SSSR count). The molecule has 2 unspecified atom stereocenters. The number of rotatable bonds is 2. The van der Waals surface area contributed by atoms with E-state index >= 15 is 0 Å². The standard InChI is InChI=1S/C17H25BrN2O/c1-11-6-12-8-14(21-16(12)15(18)7-11)10-20-9-13(19)4-5-17(20,2)3/h6-7,13-14H,4-5,8-10,19H2,1-3H3. The first-order valence-electron chi connectivity index (χ1n) is 7.81. The van der Waals surface area contributed by atoms with Gasteiger partial charge in [0.1, 0.15) is 11.9 Å². The summed E-state index contributed by atoms with van der Waals surface area (Å²) in [7, 11) is 0. The molecule has 0 bridgehead atoms. The molecule has 1 aromatic rings. The average Bonchev–Trinajstić information content (AvgIpc) is 2.77. The zero-order valence-electron chi connectivity index (χ0n) is 13.2. The van der Waals surface area contributed by atoms with E-state index in [1.807, 2.05) is 0 Å². The van der Waals surface area contributed by atoms with Crippen LogP contribution in [0.1, 0.15) is 37.8 Å². The van der Waals surface area contributed by atoms with E-state index in [1.165, 1.54) is 11.1 Å². The van der Waals surface area contributed by atoms with Gasteiger partial charge in [0.25, 0.3) is 0 Å². The normalized spacial score (nSPS) is 28.2. The number of ether oxygens (including phenoxy) is 1. The molecule has 2 atom stereocenters. The Hall–Kier alpha value is -0.580. The van der Waals surface area contributed by atoms with Gasteiger partial charge in [0.05, 0.1) is 4.47 Å². The zero-order valence-corrected chi connectivity index (χ0v) is 14.7. The Kier molecular flexibility index (Phi) is 4.06. The Morgan fingerprint density at radius 3 is 2.95 bits per heavy atom. The molecule has 116 valence electrons. The number of benzene rings is 1. The van der Waals surface area contributed by atoms with Gasteiger partial charge in [-0.3, -0.25) is 4.90 Å². The summed E-state index contributed by atoms with van der Waals surface area (Å²) in [6, 6.07) is 4.67. The van der Waals surface area contributed by atoms with Gasteiger partial charge < -0.3 is 10.5 Å². The highest BCUT2D eigenvalue weighted by atomic mass is 79.9. The molecule has 0 spiro atoms. The number of piperidine rings is 1. The van der Waals surface area contributed by atoms with Crippen LogP contribution in [0.5, 0.6) is 5.75 Å². The van der Waals surface area contributed by atoms with Gasteiger partial charge in [-0.15, -0.1) is 0 Å². The molecule has 1 fully saturated rings. The molecule has 0 amide bonds. The molecule has 1 saturated heterocycles. The maximum atomic E-state index is 6.19. The van der Waals surface area contributed by atoms with E-state index in [4.69, 9.17) is 10.5 Å². The Morgan fingerprint density at radius 1 is 1.43 bits per heavy atom. The summed E-state index contributed by atoms with van der Waals surface area (Å²) in [6.07, 6.45) is 3.52. The summed E-state index contributed by atoms with van der Waals surface area (Å²) in [6.45, 7) is 8.71. The van der Waals surface area contributed by atoms with Gasteiger partial charge in [0.15, 0.2) is 0 Å². The highest BCUT2D eigenvalue weighted by molar-refractivity contribution is 9.10. The fourth-order valence-corrected chi connectivity index (χ4v) is 4.23.